The van der Waals surface area contributed by atoms with Crippen molar-refractivity contribution in [2.45, 2.75) is 172 Å². The maximum atomic E-state index is 15.5. The van der Waals surface area contributed by atoms with Gasteiger partial charge in [-0.1, -0.05) is 197 Å². The van der Waals surface area contributed by atoms with Gasteiger partial charge >= 0.3 is 35.9 Å². The molecule has 14 rings (SSSR count). The van der Waals surface area contributed by atoms with Crippen molar-refractivity contribution in [3.63, 3.8) is 0 Å². The first kappa shape index (κ1) is 91.6. The Morgan fingerprint density at radius 3 is 1.90 bits per heavy atom. The van der Waals surface area contributed by atoms with Crippen molar-refractivity contribution in [2.24, 2.45) is 27.8 Å². The summed E-state index contributed by atoms with van der Waals surface area (Å²) in [6.07, 6.45) is -11.8. The summed E-state index contributed by atoms with van der Waals surface area (Å²) in [5, 5.41) is 83.4. The van der Waals surface area contributed by atoms with Crippen molar-refractivity contribution in [3.05, 3.63) is 261 Å². The Morgan fingerprint density at radius 1 is 0.712 bits per heavy atom. The summed E-state index contributed by atoms with van der Waals surface area (Å²) in [7, 11) is 0. The molecule has 14 atom stereocenters. The van der Waals surface area contributed by atoms with E-state index >= 15 is 4.79 Å². The number of Topliss-reactive ketones (excluding diaryl/α,β-unsaturated/α-hetero) is 1. The van der Waals surface area contributed by atoms with Crippen LogP contribution in [-0.4, -0.2) is 188 Å². The van der Waals surface area contributed by atoms with Gasteiger partial charge in [-0.25, -0.2) is 19.2 Å². The number of aliphatic carboxylic acids is 1. The number of hydrogen-bond acceptors (Lipinski definition) is 23. The molecule has 0 radical (unpaired) electrons. The number of hydrogen-bond donors (Lipinski definition) is 11. The average molecular weight is 1710 g/mol. The first-order valence-electron chi connectivity index (χ1n) is 41.2. The van der Waals surface area contributed by atoms with Crippen LogP contribution < -0.4 is 26.0 Å². The van der Waals surface area contributed by atoms with E-state index in [9.17, 15) is 69.0 Å². The number of aliphatic hydroxyl groups is 5. The lowest BCUT2D eigenvalue weighted by Crippen LogP contribution is -2.82. The van der Waals surface area contributed by atoms with Gasteiger partial charge in [0.05, 0.1) is 47.8 Å². The van der Waals surface area contributed by atoms with Crippen molar-refractivity contribution >= 4 is 81.0 Å². The van der Waals surface area contributed by atoms with Gasteiger partial charge in [-0.05, 0) is 133 Å². The topological polar surface area (TPSA) is 452 Å². The number of nitrogens with zero attached hydrogens (tertiary/aromatic N) is 3. The van der Waals surface area contributed by atoms with Crippen LogP contribution in [0.1, 0.15) is 143 Å². The van der Waals surface area contributed by atoms with Crippen LogP contribution in [0.4, 0.5) is 10.5 Å². The lowest BCUT2D eigenvalue weighted by atomic mass is 9.44. The highest BCUT2D eigenvalue weighted by Crippen LogP contribution is 2.65. The molecule has 0 spiro atoms. The summed E-state index contributed by atoms with van der Waals surface area (Å²) in [6.45, 7) is 15.6. The van der Waals surface area contributed by atoms with E-state index in [0.717, 1.165) is 69.2 Å². The van der Waals surface area contributed by atoms with Crippen molar-refractivity contribution < 1.29 is 107 Å². The van der Waals surface area contributed by atoms with Crippen molar-refractivity contribution in [3.8, 4) is 16.9 Å². The normalized spacial score (nSPS) is 22.6. The number of alkyl carbamates (subject to hydrolysis) is 1. The van der Waals surface area contributed by atoms with E-state index in [1.54, 1.807) is 105 Å². The smallest absolute Gasteiger partial charge is 0.407 e. The minimum atomic E-state index is -2.39. The number of carboxylic acids is 1. The Balaban J connectivity index is 0.000000189. The van der Waals surface area contributed by atoms with Crippen LogP contribution in [0.2, 0.25) is 0 Å². The molecule has 3 fully saturated rings. The number of aromatic nitrogens is 1. The third-order valence-corrected chi connectivity index (χ3v) is 24.4. The number of fused-ring (bicyclic) bond motifs is 11. The first-order valence-corrected chi connectivity index (χ1v) is 41.2. The van der Waals surface area contributed by atoms with E-state index < -0.39 is 155 Å². The molecule has 1 unspecified atom stereocenters. The van der Waals surface area contributed by atoms with Crippen molar-refractivity contribution in [1.82, 2.24) is 26.3 Å². The largest absolute Gasteiger partial charge is 0.490 e. The fourth-order valence-corrected chi connectivity index (χ4v) is 17.8. The predicted octanol–water partition coefficient (Wildman–Crippen LogP) is 11.8. The van der Waals surface area contributed by atoms with E-state index in [1.165, 1.54) is 26.0 Å². The predicted molar refractivity (Wildman–Crippen MR) is 459 cm³/mol. The summed E-state index contributed by atoms with van der Waals surface area (Å²) in [4.78, 5) is 126. The number of aromatic amines is 1. The summed E-state index contributed by atoms with van der Waals surface area (Å²) in [6, 6.07) is 57.7. The van der Waals surface area contributed by atoms with Gasteiger partial charge in [0.1, 0.15) is 61.1 Å². The number of carbonyl (C=O) groups excluding carboxylic acids is 8. The quantitative estimate of drug-likeness (QED) is 0.00569. The fraction of sp³-hybridized carbons (Fsp3) is 0.379. The Bertz CT molecular complexity index is 5500. The van der Waals surface area contributed by atoms with Gasteiger partial charge in [0, 0.05) is 82.6 Å². The van der Waals surface area contributed by atoms with Crippen LogP contribution in [0, 0.1) is 22.7 Å². The molecule has 5 aliphatic rings. The third-order valence-electron chi connectivity index (χ3n) is 24.4. The minimum absolute atomic E-state index is 0.00289. The highest BCUT2D eigenvalue weighted by molar-refractivity contribution is 6.10. The number of amides is 3. The maximum absolute atomic E-state index is 15.5. The van der Waals surface area contributed by atoms with E-state index in [1.807, 2.05) is 125 Å². The van der Waals surface area contributed by atoms with Gasteiger partial charge in [-0.15, -0.1) is 0 Å². The molecule has 2 bridgehead atoms. The zero-order valence-electron chi connectivity index (χ0n) is 70.8. The van der Waals surface area contributed by atoms with Gasteiger partial charge in [0.15, 0.2) is 23.6 Å². The van der Waals surface area contributed by atoms with Crippen LogP contribution in [0.25, 0.3) is 43.4 Å². The third kappa shape index (κ3) is 19.3. The minimum Gasteiger partial charge on any atom is -0.490 e. The molecule has 9 aromatic rings. The number of ether oxygens (including phenoxy) is 7. The summed E-state index contributed by atoms with van der Waals surface area (Å²) >= 11 is 0. The van der Waals surface area contributed by atoms with Crippen LogP contribution in [0.3, 0.4) is 0 Å². The number of azide groups is 1. The van der Waals surface area contributed by atoms with Crippen LogP contribution in [0.5, 0.6) is 5.75 Å². The zero-order valence-corrected chi connectivity index (χ0v) is 70.8. The second kappa shape index (κ2) is 38.6. The number of carbonyl (C=O) groups is 9. The number of para-hydroxylation sites is 1. The van der Waals surface area contributed by atoms with Gasteiger partial charge < -0.3 is 90.0 Å². The van der Waals surface area contributed by atoms with Gasteiger partial charge in [-0.3, -0.25) is 24.0 Å². The molecule has 30 heteroatoms. The zero-order chi connectivity index (χ0) is 90.0. The number of rotatable bonds is 27. The Hall–Kier alpha value is -12.6. The van der Waals surface area contributed by atoms with Gasteiger partial charge in [0.2, 0.25) is 5.91 Å². The van der Waals surface area contributed by atoms with Gasteiger partial charge in [-0.2, -0.15) is 0 Å². The number of esters is 4. The second-order valence-electron chi connectivity index (χ2n) is 33.6. The average Bonchev–Trinajstić information content (AvgIpc) is 1.66. The number of carboxylic acid groups (broad SMARTS) is 1. The lowest BCUT2D eigenvalue weighted by molar-refractivity contribution is -0.346. The van der Waals surface area contributed by atoms with Crippen LogP contribution in [0.15, 0.2) is 223 Å². The maximum Gasteiger partial charge on any atom is 0.407 e. The molecule has 11 N–H and O–H groups in total. The van der Waals surface area contributed by atoms with E-state index in [2.05, 4.69) is 42.3 Å². The Kier molecular flexibility index (Phi) is 28.3. The van der Waals surface area contributed by atoms with Gasteiger partial charge in [0.25, 0.3) is 5.91 Å². The highest BCUT2D eigenvalue weighted by atomic mass is 16.6. The number of benzene rings is 8. The highest BCUT2D eigenvalue weighted by Gasteiger charge is 2.78. The Morgan fingerprint density at radius 2 is 1.31 bits per heavy atom. The lowest BCUT2D eigenvalue weighted by Gasteiger charge is -2.67. The standard InChI is InChI=1S/C47H51NO14.C24H25N5O2.C24H28N2O6/c1-25-31(60-43(56)36(52)35(28-16-10-7-11-17-28)48-41(54)29-18-12-8-13-19-29)23-47(57)40(61-42(55)30-20-14-9-15-21-30)38-45(6,32(51)22-33-46(38,24-58-33)62-27(3)50)39(53)37(59-26(2)49)34(25)44(47,4)5;1-24(2,16-10-12-17(13-11-16)28-29-25)26-14-18(30)15-31-22-9-5-8-21-23(22)19-6-3-4-7-20(19)27-21;1-14(2)11-20(23(29)30)25-22(28)21(12-27)26-24(31)32-13-19-17-9-5-3-7-15(17)16-8-4-6-10-18(16)19/h7-21,31-33,35-38,40,51-52,57H,22-24H2,1-6H3,(H,48,54);3-13,18,26-27,30H,14-15H2,1-2H3;3-10,14,19-21,27H,11-13H2,1-2H3,(H,25,28)(H,26,31)(H,29,30)/t31-,32-,33+,35-,36+,37+,38-,40-,45+,46-,47+;;20-,21-/m0.0/s1. The number of nitrogens with one attached hydrogen (secondary N) is 5. The van der Waals surface area contributed by atoms with Crippen molar-refractivity contribution in [2.75, 3.05) is 33.0 Å². The molecule has 1 saturated heterocycles. The molecule has 2 heterocycles. The molecule has 125 heavy (non-hydrogen) atoms. The second-order valence-corrected chi connectivity index (χ2v) is 33.6. The van der Waals surface area contributed by atoms with E-state index in [4.69, 9.17) is 38.7 Å². The SMILES string of the molecule is CC(=O)O[C@H]1C(=O)[C@@]2(C)[C@H]([C@H](OC(=O)c3ccccc3)[C@]3(O)C[C@H](OC(=O)[C@H](O)[C@@H](NC(=O)c4ccccc4)c4ccccc4)C(C)=C1C3(C)C)[C@]1(OC(C)=O)CO[C@@H]1C[C@@H]2O.CC(C)(NCC(O)COc1cccc2[nH]c3ccccc3c12)c1ccc(N=[N+]=[N-])cc1.CC(C)C[C@H](NC(=O)[C@H](CO)NC(=O)OCC1c2ccccc2-c2ccccc21)C(=O)O. The number of ketones is 1. The monoisotopic (exact) mass is 1710 g/mol. The first-order chi connectivity index (χ1) is 59.6. The summed E-state index contributed by atoms with van der Waals surface area (Å²) < 4.78 is 41.7. The summed E-state index contributed by atoms with van der Waals surface area (Å²) in [5.74, 6) is -8.15. The molecule has 30 nitrogen and oxygen atoms in total. The Labute approximate surface area is 721 Å². The molecule has 656 valence electrons. The molecule has 1 aromatic heterocycles. The molecule has 8 aromatic carbocycles. The molecular formula is C95H104N8O22. The molecule has 4 aliphatic carbocycles. The van der Waals surface area contributed by atoms with Crippen LogP contribution in [-0.2, 0) is 62.7 Å². The number of aliphatic hydroxyl groups excluding tert-OH is 4. The summed E-state index contributed by atoms with van der Waals surface area (Å²) in [5.41, 5.74) is 9.10. The molecule has 1 aliphatic heterocycles. The molecule has 3 amide bonds. The van der Waals surface area contributed by atoms with Crippen molar-refractivity contribution in [1.29, 1.82) is 0 Å². The number of H-pyrrole nitrogens is 1. The fourth-order valence-electron chi connectivity index (χ4n) is 17.8. The molecular weight excluding hydrogens is 1610 g/mol. The van der Waals surface area contributed by atoms with E-state index in [-0.39, 0.29) is 72.3 Å². The van der Waals surface area contributed by atoms with E-state index in [0.29, 0.717) is 17.8 Å². The van der Waals surface area contributed by atoms with Crippen LogP contribution >= 0.6 is 0 Å². The molecule has 2 saturated carbocycles.